The van der Waals surface area contributed by atoms with Crippen LogP contribution in [0.5, 0.6) is 0 Å². The molecule has 30 heavy (non-hydrogen) atoms. The van der Waals surface area contributed by atoms with Gasteiger partial charge in [-0.1, -0.05) is 60.1 Å². The number of halogens is 1. The topological polar surface area (TPSA) is 86.7 Å². The number of hydrogen-bond acceptors (Lipinski definition) is 4. The third-order valence-corrected chi connectivity index (χ3v) is 7.37. The number of sulfonamides is 1. The van der Waals surface area contributed by atoms with Crippen LogP contribution < -0.4 is 5.48 Å². The van der Waals surface area contributed by atoms with Crippen LogP contribution in [0.3, 0.4) is 0 Å². The minimum Gasteiger partial charge on any atom is -0.289 e. The molecule has 1 atom stereocenters. The fourth-order valence-electron chi connectivity index (χ4n) is 3.73. The Morgan fingerprint density at radius 2 is 1.57 bits per heavy atom. The highest BCUT2D eigenvalue weighted by Gasteiger charge is 2.40. The van der Waals surface area contributed by atoms with Crippen LogP contribution in [0.2, 0.25) is 5.02 Å². The number of hydrogen-bond donors (Lipinski definition) is 2. The molecule has 0 spiro atoms. The second kappa shape index (κ2) is 8.20. The van der Waals surface area contributed by atoms with Gasteiger partial charge >= 0.3 is 0 Å². The van der Waals surface area contributed by atoms with E-state index in [9.17, 15) is 18.4 Å². The zero-order valence-corrected chi connectivity index (χ0v) is 17.4. The van der Waals surface area contributed by atoms with Crippen LogP contribution in [0, 0.1) is 0 Å². The van der Waals surface area contributed by atoms with E-state index in [1.165, 1.54) is 12.1 Å². The second-order valence-corrected chi connectivity index (χ2v) is 9.30. The monoisotopic (exact) mass is 442 g/mol. The first-order valence-corrected chi connectivity index (χ1v) is 11.1. The van der Waals surface area contributed by atoms with Gasteiger partial charge in [0, 0.05) is 11.6 Å². The normalized spacial score (nSPS) is 16.7. The van der Waals surface area contributed by atoms with Crippen molar-refractivity contribution in [2.45, 2.75) is 17.4 Å². The first-order chi connectivity index (χ1) is 14.4. The lowest BCUT2D eigenvalue weighted by Crippen LogP contribution is -2.46. The van der Waals surface area contributed by atoms with Gasteiger partial charge in [-0.3, -0.25) is 10.0 Å². The van der Waals surface area contributed by atoms with Crippen molar-refractivity contribution in [3.05, 3.63) is 88.9 Å². The first kappa shape index (κ1) is 20.6. The molecule has 8 heteroatoms. The Morgan fingerprint density at radius 1 is 0.967 bits per heavy atom. The third kappa shape index (κ3) is 3.73. The molecular weight excluding hydrogens is 424 g/mol. The van der Waals surface area contributed by atoms with Gasteiger partial charge in [0.1, 0.15) is 6.04 Å². The summed E-state index contributed by atoms with van der Waals surface area (Å²) in [5.41, 5.74) is 4.82. The summed E-state index contributed by atoms with van der Waals surface area (Å²) in [4.78, 5) is 12.5. The van der Waals surface area contributed by atoms with E-state index in [-0.39, 0.29) is 11.4 Å². The maximum absolute atomic E-state index is 13.4. The van der Waals surface area contributed by atoms with Gasteiger partial charge in [-0.25, -0.2) is 13.9 Å². The number of nitrogens with one attached hydrogen (secondary N) is 1. The van der Waals surface area contributed by atoms with Crippen molar-refractivity contribution in [3.8, 4) is 11.1 Å². The zero-order valence-electron chi connectivity index (χ0n) is 15.8. The van der Waals surface area contributed by atoms with Gasteiger partial charge in [0.15, 0.2) is 0 Å². The summed E-state index contributed by atoms with van der Waals surface area (Å²) in [5, 5.41) is 9.84. The molecule has 0 aromatic heterocycles. The maximum Gasteiger partial charge on any atom is 0.266 e. The zero-order chi connectivity index (χ0) is 21.3. The molecule has 1 heterocycles. The number of benzene rings is 3. The van der Waals surface area contributed by atoms with Crippen LogP contribution in [0.15, 0.2) is 77.7 Å². The Labute approximate surface area is 179 Å². The largest absolute Gasteiger partial charge is 0.289 e. The number of carbonyl (C=O) groups is 1. The molecule has 0 saturated carbocycles. The number of amides is 1. The van der Waals surface area contributed by atoms with Crippen molar-refractivity contribution >= 4 is 27.5 Å². The summed E-state index contributed by atoms with van der Waals surface area (Å²) < 4.78 is 27.9. The molecule has 0 fully saturated rings. The fourth-order valence-corrected chi connectivity index (χ4v) is 5.43. The average Bonchev–Trinajstić information content (AvgIpc) is 2.78. The van der Waals surface area contributed by atoms with E-state index in [0.717, 1.165) is 21.0 Å². The molecule has 2 N–H and O–H groups in total. The number of hydroxylamine groups is 1. The van der Waals surface area contributed by atoms with Crippen molar-refractivity contribution in [1.82, 2.24) is 9.79 Å². The highest BCUT2D eigenvalue weighted by Crippen LogP contribution is 2.35. The van der Waals surface area contributed by atoms with Crippen LogP contribution in [0.4, 0.5) is 0 Å². The molecule has 6 nitrogen and oxygen atoms in total. The molecule has 3 aromatic carbocycles. The van der Waals surface area contributed by atoms with Crippen LogP contribution in [0.1, 0.15) is 17.2 Å². The summed E-state index contributed by atoms with van der Waals surface area (Å²) in [6.45, 7) is 0.135. The quantitative estimate of drug-likeness (QED) is 0.475. The van der Waals surface area contributed by atoms with Crippen molar-refractivity contribution in [3.63, 3.8) is 0 Å². The Hall–Kier alpha value is -2.71. The summed E-state index contributed by atoms with van der Waals surface area (Å²) >= 11 is 5.92. The summed E-state index contributed by atoms with van der Waals surface area (Å²) in [5.74, 6) is -0.788. The predicted octanol–water partition coefficient (Wildman–Crippen LogP) is 3.80. The van der Waals surface area contributed by atoms with E-state index >= 15 is 0 Å². The fraction of sp³-hybridized carbons (Fsp3) is 0.136. The SMILES string of the molecule is O=C(NO)C1c2ccccc2CCN1S(=O)(=O)c1ccc(-c2ccc(Cl)cc2)cc1. The molecular formula is C22H19ClN2O4S. The lowest BCUT2D eigenvalue weighted by Gasteiger charge is -2.34. The number of carbonyl (C=O) groups excluding carboxylic acids is 1. The highest BCUT2D eigenvalue weighted by molar-refractivity contribution is 7.89. The Kier molecular flexibility index (Phi) is 5.62. The molecule has 154 valence electrons. The Morgan fingerprint density at radius 3 is 2.20 bits per heavy atom. The minimum atomic E-state index is -3.97. The Balaban J connectivity index is 1.70. The van der Waals surface area contributed by atoms with Crippen LogP contribution in [-0.4, -0.2) is 30.4 Å². The van der Waals surface area contributed by atoms with Gasteiger partial charge < -0.3 is 0 Å². The molecule has 1 aliphatic rings. The first-order valence-electron chi connectivity index (χ1n) is 9.31. The highest BCUT2D eigenvalue weighted by atomic mass is 35.5. The van der Waals surface area contributed by atoms with Gasteiger partial charge in [0.25, 0.3) is 5.91 Å². The summed E-state index contributed by atoms with van der Waals surface area (Å²) in [7, 11) is -3.97. The van der Waals surface area contributed by atoms with Gasteiger partial charge in [-0.2, -0.15) is 4.31 Å². The summed E-state index contributed by atoms with van der Waals surface area (Å²) in [6.07, 6.45) is 0.480. The van der Waals surface area contributed by atoms with Crippen LogP contribution >= 0.6 is 11.6 Å². The maximum atomic E-state index is 13.4. The molecule has 0 aliphatic carbocycles. The third-order valence-electron chi connectivity index (χ3n) is 5.24. The predicted molar refractivity (Wildman–Crippen MR) is 114 cm³/mol. The van der Waals surface area contributed by atoms with E-state index in [1.54, 1.807) is 41.9 Å². The lowest BCUT2D eigenvalue weighted by molar-refractivity contribution is -0.133. The van der Waals surface area contributed by atoms with Gasteiger partial charge in [-0.15, -0.1) is 0 Å². The van der Waals surface area contributed by atoms with Crippen LogP contribution in [0.25, 0.3) is 11.1 Å². The molecule has 0 saturated heterocycles. The number of nitrogens with zero attached hydrogens (tertiary/aromatic N) is 1. The smallest absolute Gasteiger partial charge is 0.266 e. The molecule has 1 unspecified atom stereocenters. The second-order valence-electron chi connectivity index (χ2n) is 6.97. The van der Waals surface area contributed by atoms with Crippen LogP contribution in [-0.2, 0) is 21.2 Å². The van der Waals surface area contributed by atoms with E-state index in [2.05, 4.69) is 0 Å². The lowest BCUT2D eigenvalue weighted by atomic mass is 9.94. The van der Waals surface area contributed by atoms with E-state index in [4.69, 9.17) is 11.6 Å². The summed E-state index contributed by atoms with van der Waals surface area (Å²) in [6, 6.07) is 19.7. The molecule has 3 aromatic rings. The van der Waals surface area contributed by atoms with Crippen molar-refractivity contribution < 1.29 is 18.4 Å². The van der Waals surface area contributed by atoms with Crippen molar-refractivity contribution in [1.29, 1.82) is 0 Å². The Bertz CT molecular complexity index is 1180. The molecule has 0 radical (unpaired) electrons. The molecule has 0 bridgehead atoms. The average molecular weight is 443 g/mol. The molecule has 4 rings (SSSR count). The van der Waals surface area contributed by atoms with Gasteiger partial charge in [0.05, 0.1) is 4.90 Å². The van der Waals surface area contributed by atoms with E-state index in [0.29, 0.717) is 17.0 Å². The molecule has 1 amide bonds. The van der Waals surface area contributed by atoms with Crippen molar-refractivity contribution in [2.24, 2.45) is 0 Å². The van der Waals surface area contributed by atoms with Crippen molar-refractivity contribution in [2.75, 3.05) is 6.54 Å². The molecule has 1 aliphatic heterocycles. The van der Waals surface area contributed by atoms with E-state index < -0.39 is 22.0 Å². The van der Waals surface area contributed by atoms with Gasteiger partial charge in [0.2, 0.25) is 10.0 Å². The van der Waals surface area contributed by atoms with Gasteiger partial charge in [-0.05, 0) is 52.9 Å². The van der Waals surface area contributed by atoms with E-state index in [1.807, 2.05) is 24.3 Å². The number of rotatable bonds is 4. The minimum absolute atomic E-state index is 0.0790. The number of fused-ring (bicyclic) bond motifs is 1. The standard InChI is InChI=1S/C22H19ClN2O4S/c23-18-9-5-15(6-10-18)16-7-11-19(12-8-16)30(28,29)25-14-13-17-3-1-2-4-20(17)21(25)22(26)24-27/h1-12,21,27H,13-14H2,(H,24,26).